The second kappa shape index (κ2) is 3.57. The summed E-state index contributed by atoms with van der Waals surface area (Å²) in [7, 11) is 0. The van der Waals surface area contributed by atoms with Gasteiger partial charge in [0.1, 0.15) is 4.33 Å². The van der Waals surface area contributed by atoms with Gasteiger partial charge in [-0.3, -0.25) is 0 Å². The third-order valence-corrected chi connectivity index (χ3v) is 2.68. The van der Waals surface area contributed by atoms with Crippen molar-refractivity contribution in [2.45, 2.75) is 36.1 Å². The maximum Gasteiger partial charge on any atom is 0.235 e. The molecule has 0 saturated heterocycles. The Balaban J connectivity index is 2.42. The number of rotatable bonds is 1. The molecule has 11 heavy (non-hydrogen) atoms. The lowest BCUT2D eigenvalue weighted by molar-refractivity contribution is 0.421. The van der Waals surface area contributed by atoms with Crippen LogP contribution in [-0.2, 0) is 4.79 Å². The van der Waals surface area contributed by atoms with E-state index in [0.717, 1.165) is 12.8 Å². The molecule has 1 rings (SSSR count). The molecule has 0 bridgehead atoms. The van der Waals surface area contributed by atoms with E-state index in [4.69, 9.17) is 23.2 Å². The fourth-order valence-electron chi connectivity index (χ4n) is 1.23. The van der Waals surface area contributed by atoms with Crippen LogP contribution >= 0.6 is 23.2 Å². The van der Waals surface area contributed by atoms with Crippen LogP contribution in [-0.4, -0.2) is 16.5 Å². The van der Waals surface area contributed by atoms with Crippen molar-refractivity contribution < 1.29 is 4.79 Å². The van der Waals surface area contributed by atoms with Crippen molar-refractivity contribution in [1.82, 2.24) is 0 Å². The van der Waals surface area contributed by atoms with Crippen LogP contribution in [0.3, 0.4) is 0 Å². The van der Waals surface area contributed by atoms with Crippen LogP contribution in [0.2, 0.25) is 0 Å². The van der Waals surface area contributed by atoms with Gasteiger partial charge in [0.05, 0.1) is 6.04 Å². The Morgan fingerprint density at radius 3 is 2.36 bits per heavy atom. The van der Waals surface area contributed by atoms with Gasteiger partial charge in [-0.15, -0.1) is 23.2 Å². The molecule has 0 N–H and O–H groups in total. The molecule has 0 atom stereocenters. The zero-order valence-electron chi connectivity index (χ0n) is 6.02. The molecule has 0 aromatic carbocycles. The van der Waals surface area contributed by atoms with Crippen LogP contribution in [0, 0.1) is 0 Å². The minimum Gasteiger partial charge on any atom is -0.211 e. The third-order valence-electron chi connectivity index (χ3n) is 1.92. The van der Waals surface area contributed by atoms with E-state index < -0.39 is 4.33 Å². The summed E-state index contributed by atoms with van der Waals surface area (Å²) in [4.78, 5) is 13.5. The van der Waals surface area contributed by atoms with Gasteiger partial charge in [0.25, 0.3) is 0 Å². The van der Waals surface area contributed by atoms with Crippen molar-refractivity contribution in [3.05, 3.63) is 0 Å². The lowest BCUT2D eigenvalue weighted by atomic mass is 9.95. The summed E-state index contributed by atoms with van der Waals surface area (Å²) >= 11 is 11.7. The van der Waals surface area contributed by atoms with Gasteiger partial charge in [-0.1, -0.05) is 0 Å². The summed E-state index contributed by atoms with van der Waals surface area (Å²) in [5.74, 6) is 0. The van der Waals surface area contributed by atoms with Crippen LogP contribution in [0.15, 0.2) is 4.99 Å². The Morgan fingerprint density at radius 1 is 1.36 bits per heavy atom. The molecule has 62 valence electrons. The zero-order chi connectivity index (χ0) is 8.32. The molecule has 0 heterocycles. The fourth-order valence-corrected chi connectivity index (χ4v) is 1.66. The van der Waals surface area contributed by atoms with Gasteiger partial charge in [0.15, 0.2) is 0 Å². The average Bonchev–Trinajstić information content (AvgIpc) is 1.94. The van der Waals surface area contributed by atoms with Crippen LogP contribution in [0.4, 0.5) is 0 Å². The summed E-state index contributed by atoms with van der Waals surface area (Å²) in [5.41, 5.74) is 0. The third kappa shape index (κ3) is 2.82. The SMILES string of the molecule is O=C=NC1CCC(Cl)(Cl)CC1. The van der Waals surface area contributed by atoms with Gasteiger partial charge in [-0.2, -0.15) is 0 Å². The Kier molecular flexibility index (Phi) is 2.94. The molecular formula is C7H9Cl2NO. The lowest BCUT2D eigenvalue weighted by Crippen LogP contribution is -2.24. The van der Waals surface area contributed by atoms with Gasteiger partial charge >= 0.3 is 0 Å². The van der Waals surface area contributed by atoms with Crippen molar-refractivity contribution >= 4 is 29.3 Å². The normalized spacial score (nSPS) is 24.2. The highest BCUT2D eigenvalue weighted by atomic mass is 35.5. The number of hydrogen-bond donors (Lipinski definition) is 0. The molecule has 0 amide bonds. The van der Waals surface area contributed by atoms with Crippen LogP contribution in [0.1, 0.15) is 25.7 Å². The standard InChI is InChI=1S/C7H9Cl2NO/c8-7(9)3-1-6(2-4-7)10-5-11/h6H,1-4H2. The van der Waals surface area contributed by atoms with E-state index >= 15 is 0 Å². The number of halogens is 2. The minimum absolute atomic E-state index is 0.0955. The number of hydrogen-bond acceptors (Lipinski definition) is 2. The lowest BCUT2D eigenvalue weighted by Gasteiger charge is -2.27. The smallest absolute Gasteiger partial charge is 0.211 e. The van der Waals surface area contributed by atoms with Gasteiger partial charge in [0.2, 0.25) is 6.08 Å². The first-order valence-corrected chi connectivity index (χ1v) is 4.34. The predicted molar refractivity (Wildman–Crippen MR) is 44.8 cm³/mol. The first kappa shape index (κ1) is 9.05. The molecule has 1 fully saturated rings. The van der Waals surface area contributed by atoms with Gasteiger partial charge in [-0.05, 0) is 25.7 Å². The molecule has 0 aliphatic heterocycles. The molecule has 1 aliphatic carbocycles. The number of isocyanates is 1. The minimum atomic E-state index is -0.588. The Hall–Kier alpha value is -0.0400. The monoisotopic (exact) mass is 193 g/mol. The second-order valence-electron chi connectivity index (χ2n) is 2.81. The quantitative estimate of drug-likeness (QED) is 0.358. The van der Waals surface area contributed by atoms with Crippen molar-refractivity contribution in [3.63, 3.8) is 0 Å². The molecule has 4 heteroatoms. The van der Waals surface area contributed by atoms with Gasteiger partial charge < -0.3 is 0 Å². The molecule has 2 nitrogen and oxygen atoms in total. The molecule has 0 aromatic rings. The summed E-state index contributed by atoms with van der Waals surface area (Å²) in [6, 6.07) is 0.0955. The fraction of sp³-hybridized carbons (Fsp3) is 0.857. The van der Waals surface area contributed by atoms with E-state index in [2.05, 4.69) is 4.99 Å². The summed E-state index contributed by atoms with van der Waals surface area (Å²) in [6.45, 7) is 0. The molecule has 0 unspecified atom stereocenters. The van der Waals surface area contributed by atoms with Gasteiger partial charge in [0, 0.05) is 0 Å². The van der Waals surface area contributed by atoms with Crippen molar-refractivity contribution in [2.75, 3.05) is 0 Å². The zero-order valence-corrected chi connectivity index (χ0v) is 7.53. The largest absolute Gasteiger partial charge is 0.235 e. The maximum absolute atomic E-state index is 9.88. The van der Waals surface area contributed by atoms with Crippen LogP contribution < -0.4 is 0 Å². The highest BCUT2D eigenvalue weighted by Crippen LogP contribution is 2.38. The maximum atomic E-state index is 9.88. The van der Waals surface area contributed by atoms with E-state index in [-0.39, 0.29) is 6.04 Å². The molecule has 1 aliphatic rings. The molecule has 1 saturated carbocycles. The number of alkyl halides is 2. The molecule has 0 aromatic heterocycles. The Labute approximate surface area is 75.6 Å². The second-order valence-corrected chi connectivity index (χ2v) is 4.45. The highest BCUT2D eigenvalue weighted by molar-refractivity contribution is 6.48. The van der Waals surface area contributed by atoms with Gasteiger partial charge in [-0.25, -0.2) is 9.79 Å². The summed E-state index contributed by atoms with van der Waals surface area (Å²) in [6.07, 6.45) is 4.57. The first-order valence-electron chi connectivity index (χ1n) is 3.59. The average molecular weight is 194 g/mol. The number of carbonyl (C=O) groups excluding carboxylic acids is 1. The summed E-state index contributed by atoms with van der Waals surface area (Å²) in [5, 5.41) is 0. The molecule has 0 spiro atoms. The van der Waals surface area contributed by atoms with E-state index in [9.17, 15) is 4.79 Å². The van der Waals surface area contributed by atoms with Crippen molar-refractivity contribution in [1.29, 1.82) is 0 Å². The van der Waals surface area contributed by atoms with Crippen molar-refractivity contribution in [2.24, 2.45) is 4.99 Å². The predicted octanol–water partition coefficient (Wildman–Crippen LogP) is 2.44. The Morgan fingerprint density at radius 2 is 1.91 bits per heavy atom. The summed E-state index contributed by atoms with van der Waals surface area (Å²) < 4.78 is -0.588. The number of aliphatic imine (C=N–C) groups is 1. The Bertz CT molecular complexity index is 177. The number of nitrogens with zero attached hydrogens (tertiary/aromatic N) is 1. The topological polar surface area (TPSA) is 29.4 Å². The van der Waals surface area contributed by atoms with E-state index in [1.807, 2.05) is 0 Å². The van der Waals surface area contributed by atoms with Crippen LogP contribution in [0.25, 0.3) is 0 Å². The van der Waals surface area contributed by atoms with E-state index in [1.54, 1.807) is 6.08 Å². The van der Waals surface area contributed by atoms with Crippen molar-refractivity contribution in [3.8, 4) is 0 Å². The van der Waals surface area contributed by atoms with Crippen LogP contribution in [0.5, 0.6) is 0 Å². The first-order chi connectivity index (χ1) is 5.14. The van der Waals surface area contributed by atoms with E-state index in [1.165, 1.54) is 0 Å². The van der Waals surface area contributed by atoms with E-state index in [0.29, 0.717) is 12.8 Å². The molecular weight excluding hydrogens is 185 g/mol. The molecule has 0 radical (unpaired) electrons. The highest BCUT2D eigenvalue weighted by Gasteiger charge is 2.30.